The maximum Gasteiger partial charge on any atom is 0.207 e. The molecular formula is C15H17BrClN3. The molecule has 0 aliphatic heterocycles. The average Bonchev–Trinajstić information content (AvgIpc) is 3.03. The molecule has 1 fully saturated rings. The lowest BCUT2D eigenvalue weighted by atomic mass is 10.2. The van der Waals surface area contributed by atoms with Gasteiger partial charge >= 0.3 is 0 Å². The Kier molecular flexibility index (Phi) is 4.03. The third-order valence-electron chi connectivity index (χ3n) is 3.70. The molecule has 1 saturated carbocycles. The van der Waals surface area contributed by atoms with E-state index in [0.717, 1.165) is 26.8 Å². The number of rotatable bonds is 3. The van der Waals surface area contributed by atoms with E-state index in [-0.39, 0.29) is 0 Å². The fourth-order valence-corrected chi connectivity index (χ4v) is 3.17. The second kappa shape index (κ2) is 5.78. The van der Waals surface area contributed by atoms with Crippen LogP contribution in [0.3, 0.4) is 0 Å². The molecule has 20 heavy (non-hydrogen) atoms. The smallest absolute Gasteiger partial charge is 0.207 e. The first-order valence-corrected chi connectivity index (χ1v) is 8.08. The largest absolute Gasteiger partial charge is 0.353 e. The van der Waals surface area contributed by atoms with Crippen molar-refractivity contribution < 1.29 is 0 Å². The minimum atomic E-state index is 0.547. The minimum absolute atomic E-state index is 0.547. The van der Waals surface area contributed by atoms with Crippen LogP contribution in [-0.4, -0.2) is 15.6 Å². The summed E-state index contributed by atoms with van der Waals surface area (Å²) in [5, 5.41) is 4.28. The summed E-state index contributed by atoms with van der Waals surface area (Å²) in [7, 11) is 0. The fourth-order valence-electron chi connectivity index (χ4n) is 2.68. The summed E-state index contributed by atoms with van der Waals surface area (Å²) >= 11 is 9.54. The summed E-state index contributed by atoms with van der Waals surface area (Å²) in [6.07, 6.45) is 7.13. The third-order valence-corrected chi connectivity index (χ3v) is 4.91. The molecule has 1 aromatic heterocycles. The number of hydrogen-bond donors (Lipinski definition) is 1. The zero-order valence-corrected chi connectivity index (χ0v) is 13.7. The van der Waals surface area contributed by atoms with Gasteiger partial charge in [0.1, 0.15) is 0 Å². The van der Waals surface area contributed by atoms with E-state index in [1.807, 2.05) is 31.3 Å². The zero-order chi connectivity index (χ0) is 14.1. The molecule has 1 heterocycles. The highest BCUT2D eigenvalue weighted by Gasteiger charge is 2.17. The summed E-state index contributed by atoms with van der Waals surface area (Å²) in [6, 6.07) is 6.47. The quantitative estimate of drug-likeness (QED) is 0.845. The van der Waals surface area contributed by atoms with Crippen molar-refractivity contribution in [3.8, 4) is 5.69 Å². The van der Waals surface area contributed by atoms with Gasteiger partial charge in [-0.25, -0.2) is 4.98 Å². The Morgan fingerprint density at radius 3 is 2.80 bits per heavy atom. The Balaban J connectivity index is 1.93. The van der Waals surface area contributed by atoms with Gasteiger partial charge in [-0.1, -0.05) is 24.4 Å². The highest BCUT2D eigenvalue weighted by atomic mass is 79.9. The minimum Gasteiger partial charge on any atom is -0.353 e. The normalized spacial score (nSPS) is 15.8. The lowest BCUT2D eigenvalue weighted by Gasteiger charge is -2.15. The molecule has 106 valence electrons. The second-order valence-electron chi connectivity index (χ2n) is 5.30. The van der Waals surface area contributed by atoms with Gasteiger partial charge in [0.25, 0.3) is 0 Å². The van der Waals surface area contributed by atoms with Gasteiger partial charge in [0, 0.05) is 22.4 Å². The van der Waals surface area contributed by atoms with Gasteiger partial charge < -0.3 is 5.32 Å². The molecule has 1 N–H and O–H groups in total. The van der Waals surface area contributed by atoms with Crippen LogP contribution >= 0.6 is 27.5 Å². The van der Waals surface area contributed by atoms with Gasteiger partial charge in [-0.15, -0.1) is 0 Å². The number of imidazole rings is 1. The first kappa shape index (κ1) is 14.0. The standard InChI is InChI=1S/C15H17BrClN3/c1-10-9-20(12-6-7-14(17)13(16)8-12)15(18-10)19-11-4-2-3-5-11/h6-9,11H,2-5H2,1H3,(H,18,19). The summed E-state index contributed by atoms with van der Waals surface area (Å²) in [5.41, 5.74) is 2.07. The molecule has 3 rings (SSSR count). The van der Waals surface area contributed by atoms with Gasteiger partial charge in [-0.05, 0) is 53.9 Å². The molecular weight excluding hydrogens is 338 g/mol. The van der Waals surface area contributed by atoms with Gasteiger partial charge in [0.2, 0.25) is 5.95 Å². The molecule has 1 aromatic carbocycles. The van der Waals surface area contributed by atoms with Crippen LogP contribution in [0, 0.1) is 6.92 Å². The van der Waals surface area contributed by atoms with Gasteiger partial charge in [0.05, 0.1) is 10.7 Å². The molecule has 1 aliphatic carbocycles. The second-order valence-corrected chi connectivity index (χ2v) is 6.56. The summed E-state index contributed by atoms with van der Waals surface area (Å²) in [4.78, 5) is 4.61. The maximum absolute atomic E-state index is 6.06. The van der Waals surface area contributed by atoms with E-state index < -0.39 is 0 Å². The Morgan fingerprint density at radius 1 is 1.35 bits per heavy atom. The first-order valence-electron chi connectivity index (χ1n) is 6.91. The summed E-state index contributed by atoms with van der Waals surface area (Å²) < 4.78 is 2.99. The lowest BCUT2D eigenvalue weighted by molar-refractivity contribution is 0.740. The molecule has 2 aromatic rings. The van der Waals surface area contributed by atoms with E-state index in [0.29, 0.717) is 6.04 Å². The Bertz CT molecular complexity index is 618. The van der Waals surface area contributed by atoms with E-state index >= 15 is 0 Å². The molecule has 0 atom stereocenters. The number of hydrogen-bond acceptors (Lipinski definition) is 2. The zero-order valence-electron chi connectivity index (χ0n) is 11.4. The summed E-state index contributed by atoms with van der Waals surface area (Å²) in [5.74, 6) is 0.920. The molecule has 5 heteroatoms. The predicted octanol–water partition coefficient (Wildman–Crippen LogP) is 4.95. The van der Waals surface area contributed by atoms with E-state index in [9.17, 15) is 0 Å². The van der Waals surface area contributed by atoms with Crippen molar-refractivity contribution in [1.82, 2.24) is 9.55 Å². The van der Waals surface area contributed by atoms with Crippen LogP contribution in [0.2, 0.25) is 5.02 Å². The average molecular weight is 355 g/mol. The van der Waals surface area contributed by atoms with Crippen molar-refractivity contribution in [3.05, 3.63) is 39.6 Å². The van der Waals surface area contributed by atoms with E-state index in [4.69, 9.17) is 11.6 Å². The van der Waals surface area contributed by atoms with Crippen molar-refractivity contribution in [1.29, 1.82) is 0 Å². The molecule has 0 radical (unpaired) electrons. The number of benzene rings is 1. The highest BCUT2D eigenvalue weighted by Crippen LogP contribution is 2.28. The lowest BCUT2D eigenvalue weighted by Crippen LogP contribution is -2.17. The van der Waals surface area contributed by atoms with Crippen LogP contribution in [0.5, 0.6) is 0 Å². The van der Waals surface area contributed by atoms with Crippen LogP contribution in [0.1, 0.15) is 31.4 Å². The monoisotopic (exact) mass is 353 g/mol. The number of anilines is 1. The third kappa shape index (κ3) is 2.86. The van der Waals surface area contributed by atoms with Gasteiger partial charge in [-0.2, -0.15) is 0 Å². The van der Waals surface area contributed by atoms with Gasteiger partial charge in [-0.3, -0.25) is 4.57 Å². The predicted molar refractivity (Wildman–Crippen MR) is 86.9 cm³/mol. The number of aromatic nitrogens is 2. The Hall–Kier alpha value is -1.00. The van der Waals surface area contributed by atoms with E-state index in [2.05, 4.69) is 30.8 Å². The van der Waals surface area contributed by atoms with Crippen molar-refractivity contribution in [2.45, 2.75) is 38.6 Å². The van der Waals surface area contributed by atoms with Crippen LogP contribution in [0.4, 0.5) is 5.95 Å². The van der Waals surface area contributed by atoms with Crippen LogP contribution in [0.15, 0.2) is 28.9 Å². The molecule has 0 unspecified atom stereocenters. The van der Waals surface area contributed by atoms with Crippen LogP contribution in [0.25, 0.3) is 5.69 Å². The molecule has 1 aliphatic rings. The van der Waals surface area contributed by atoms with Crippen molar-refractivity contribution >= 4 is 33.5 Å². The molecule has 0 spiro atoms. The Labute approximate surface area is 132 Å². The van der Waals surface area contributed by atoms with E-state index in [1.165, 1.54) is 25.7 Å². The molecule has 0 bridgehead atoms. The van der Waals surface area contributed by atoms with Crippen LogP contribution in [-0.2, 0) is 0 Å². The van der Waals surface area contributed by atoms with Gasteiger partial charge in [0.15, 0.2) is 0 Å². The fraction of sp³-hybridized carbons (Fsp3) is 0.400. The van der Waals surface area contributed by atoms with Crippen LogP contribution < -0.4 is 5.32 Å². The van der Waals surface area contributed by atoms with Crippen molar-refractivity contribution in [2.75, 3.05) is 5.32 Å². The van der Waals surface area contributed by atoms with Crippen molar-refractivity contribution in [3.63, 3.8) is 0 Å². The van der Waals surface area contributed by atoms with E-state index in [1.54, 1.807) is 0 Å². The highest BCUT2D eigenvalue weighted by molar-refractivity contribution is 9.10. The molecule has 3 nitrogen and oxygen atoms in total. The Morgan fingerprint density at radius 2 is 2.10 bits per heavy atom. The topological polar surface area (TPSA) is 29.9 Å². The SMILES string of the molecule is Cc1cn(-c2ccc(Cl)c(Br)c2)c(NC2CCCC2)n1. The molecule has 0 saturated heterocycles. The summed E-state index contributed by atoms with van der Waals surface area (Å²) in [6.45, 7) is 2.02. The number of nitrogens with one attached hydrogen (secondary N) is 1. The number of nitrogens with zero attached hydrogens (tertiary/aromatic N) is 2. The maximum atomic E-state index is 6.06. The number of aryl methyl sites for hydroxylation is 1. The van der Waals surface area contributed by atoms with Crippen molar-refractivity contribution in [2.24, 2.45) is 0 Å². The first-order chi connectivity index (χ1) is 9.63. The number of halogens is 2. The molecule has 0 amide bonds.